The number of aliphatic hydroxyl groups excluding tert-OH is 1. The minimum atomic E-state index is -4.14. The van der Waals surface area contributed by atoms with Gasteiger partial charge in [-0.3, -0.25) is 4.79 Å². The summed E-state index contributed by atoms with van der Waals surface area (Å²) in [4.78, 5) is 21.7. The molecule has 11 heteroatoms. The van der Waals surface area contributed by atoms with E-state index in [-0.39, 0.29) is 21.9 Å². The normalized spacial score (nSPS) is 13.1. The summed E-state index contributed by atoms with van der Waals surface area (Å²) in [7, 11) is -4.14. The van der Waals surface area contributed by atoms with E-state index in [2.05, 4.69) is 19.9 Å². The molecule has 1 atom stereocenters. The zero-order chi connectivity index (χ0) is 24.5. The van der Waals surface area contributed by atoms with Crippen molar-refractivity contribution in [3.8, 4) is 5.75 Å². The van der Waals surface area contributed by atoms with Crippen LogP contribution in [0, 0.1) is 6.92 Å². The van der Waals surface area contributed by atoms with Crippen LogP contribution in [0.15, 0.2) is 81.5 Å². The number of halogens is 1. The minimum Gasteiger partial charge on any atom is -0.508 e. The number of nitrogens with zero attached hydrogens (tertiary/aromatic N) is 2. The molecule has 9 nitrogen and oxygen atoms in total. The molecule has 0 aliphatic rings. The van der Waals surface area contributed by atoms with Crippen molar-refractivity contribution >= 4 is 38.4 Å². The van der Waals surface area contributed by atoms with E-state index < -0.39 is 27.4 Å². The number of aliphatic hydroxyl groups is 1. The number of rotatable bonds is 6. The van der Waals surface area contributed by atoms with Gasteiger partial charge in [-0.05, 0) is 43.3 Å². The lowest BCUT2D eigenvalue weighted by atomic mass is 10.0. The molecule has 4 rings (SSSR count). The number of aromatic amines is 1. The summed E-state index contributed by atoms with van der Waals surface area (Å²) >= 11 is 5.97. The zero-order valence-corrected chi connectivity index (χ0v) is 19.3. The molecular weight excluding hydrogens is 480 g/mol. The molecule has 34 heavy (non-hydrogen) atoms. The van der Waals surface area contributed by atoms with Gasteiger partial charge in [-0.2, -0.15) is 18.4 Å². The van der Waals surface area contributed by atoms with Crippen LogP contribution in [-0.2, 0) is 10.0 Å². The van der Waals surface area contributed by atoms with Crippen molar-refractivity contribution in [3.05, 3.63) is 98.9 Å². The van der Waals surface area contributed by atoms with E-state index in [4.69, 9.17) is 11.6 Å². The number of hydrogen-bond acceptors (Lipinski definition) is 7. The van der Waals surface area contributed by atoms with E-state index in [1.807, 2.05) is 6.92 Å². The summed E-state index contributed by atoms with van der Waals surface area (Å²) in [6.07, 6.45) is -1.68. The van der Waals surface area contributed by atoms with Crippen molar-refractivity contribution in [1.82, 2.24) is 14.8 Å². The molecule has 0 unspecified atom stereocenters. The van der Waals surface area contributed by atoms with E-state index >= 15 is 0 Å². The van der Waals surface area contributed by atoms with Crippen molar-refractivity contribution in [2.24, 2.45) is 5.10 Å². The molecule has 0 bridgehead atoms. The van der Waals surface area contributed by atoms with Gasteiger partial charge in [0.25, 0.3) is 15.6 Å². The second-order valence-electron chi connectivity index (χ2n) is 7.44. The first-order valence-electron chi connectivity index (χ1n) is 9.98. The van der Waals surface area contributed by atoms with Crippen LogP contribution < -0.4 is 10.4 Å². The molecule has 0 saturated carbocycles. The molecule has 4 N–H and O–H groups in total. The number of aromatic nitrogens is 2. The number of aryl methyl sites for hydroxylation is 1. The molecule has 0 spiro atoms. The van der Waals surface area contributed by atoms with Crippen LogP contribution in [0.25, 0.3) is 11.0 Å². The average molecular weight is 499 g/mol. The number of hydrazone groups is 1. The molecule has 1 heterocycles. The lowest BCUT2D eigenvalue weighted by molar-refractivity contribution is 0.241. The number of para-hydroxylation sites is 1. The minimum absolute atomic E-state index is 0.00758. The summed E-state index contributed by atoms with van der Waals surface area (Å²) in [6, 6.07) is 16.5. The van der Waals surface area contributed by atoms with Gasteiger partial charge in [0.05, 0.1) is 15.9 Å². The van der Waals surface area contributed by atoms with Gasteiger partial charge in [-0.15, -0.1) is 0 Å². The highest BCUT2D eigenvalue weighted by Gasteiger charge is 2.26. The van der Waals surface area contributed by atoms with E-state index in [0.29, 0.717) is 16.1 Å². The molecule has 4 aromatic rings. The Bertz CT molecular complexity index is 1570. The van der Waals surface area contributed by atoms with Crippen LogP contribution in [0.5, 0.6) is 5.75 Å². The van der Waals surface area contributed by atoms with E-state index in [1.54, 1.807) is 36.4 Å². The van der Waals surface area contributed by atoms with Gasteiger partial charge in [0, 0.05) is 10.6 Å². The standard InChI is InChI=1S/C23H19ClN4O5S/c1-13-6-9-15(10-7-13)34(32,33)28-27-20(22(30)16-4-2-3-5-19(16)29)21-23(31)26-18-12-14(24)8-11-17(18)25-21/h2-12,22,28-30H,1H3,(H,26,31)/b27-20+/t22-/m0/s1. The SMILES string of the molecule is Cc1ccc(S(=O)(=O)N/N=C(\c2nc3ccc(Cl)cc3[nH]c2=O)[C@@H](O)c2ccccc2O)cc1. The lowest BCUT2D eigenvalue weighted by Crippen LogP contribution is -2.29. The Morgan fingerprint density at radius 2 is 1.82 bits per heavy atom. The summed E-state index contributed by atoms with van der Waals surface area (Å²) in [5, 5.41) is 25.5. The van der Waals surface area contributed by atoms with Crippen molar-refractivity contribution in [2.75, 3.05) is 0 Å². The Hall–Kier alpha value is -3.73. The largest absolute Gasteiger partial charge is 0.508 e. The number of phenolic OH excluding ortho intramolecular Hbond substituents is 1. The van der Waals surface area contributed by atoms with E-state index in [0.717, 1.165) is 5.56 Å². The van der Waals surface area contributed by atoms with Gasteiger partial charge in [0.15, 0.2) is 5.69 Å². The Balaban J connectivity index is 1.85. The fourth-order valence-corrected chi connectivity index (χ4v) is 4.21. The molecule has 0 amide bonds. The number of H-pyrrole nitrogens is 1. The van der Waals surface area contributed by atoms with Crippen molar-refractivity contribution in [3.63, 3.8) is 0 Å². The highest BCUT2D eigenvalue weighted by atomic mass is 35.5. The number of nitrogens with one attached hydrogen (secondary N) is 2. The number of fused-ring (bicyclic) bond motifs is 1. The number of benzene rings is 3. The second kappa shape index (κ2) is 9.26. The van der Waals surface area contributed by atoms with Crippen LogP contribution in [0.1, 0.15) is 22.9 Å². The predicted molar refractivity (Wildman–Crippen MR) is 128 cm³/mol. The summed E-state index contributed by atoms with van der Waals surface area (Å²) in [5.41, 5.74) is 0.0683. The molecule has 0 fully saturated rings. The monoisotopic (exact) mass is 498 g/mol. The van der Waals surface area contributed by atoms with Gasteiger partial charge in [0.1, 0.15) is 17.6 Å². The first-order valence-corrected chi connectivity index (χ1v) is 11.8. The van der Waals surface area contributed by atoms with Crippen LogP contribution in [0.4, 0.5) is 0 Å². The van der Waals surface area contributed by atoms with Gasteiger partial charge in [0.2, 0.25) is 0 Å². The third-order valence-electron chi connectivity index (χ3n) is 5.00. The van der Waals surface area contributed by atoms with Crippen LogP contribution in [0.2, 0.25) is 5.02 Å². The molecule has 0 aliphatic carbocycles. The topological polar surface area (TPSA) is 145 Å². The fraction of sp³-hybridized carbons (Fsp3) is 0.0870. The highest BCUT2D eigenvalue weighted by molar-refractivity contribution is 7.89. The molecule has 174 valence electrons. The molecule has 0 saturated heterocycles. The Morgan fingerprint density at radius 1 is 1.12 bits per heavy atom. The van der Waals surface area contributed by atoms with Gasteiger partial charge >= 0.3 is 0 Å². The smallest absolute Gasteiger partial charge is 0.276 e. The van der Waals surface area contributed by atoms with Gasteiger partial charge < -0.3 is 15.2 Å². The summed E-state index contributed by atoms with van der Waals surface area (Å²) in [5.74, 6) is -0.270. The van der Waals surface area contributed by atoms with Crippen molar-refractivity contribution in [2.45, 2.75) is 17.9 Å². The average Bonchev–Trinajstić information content (AvgIpc) is 2.80. The fourth-order valence-electron chi connectivity index (χ4n) is 3.22. The maximum Gasteiger partial charge on any atom is 0.276 e. The van der Waals surface area contributed by atoms with Crippen molar-refractivity contribution < 1.29 is 18.6 Å². The quantitative estimate of drug-likeness (QED) is 0.237. The third-order valence-corrected chi connectivity index (χ3v) is 6.46. The Morgan fingerprint density at radius 3 is 2.53 bits per heavy atom. The number of hydrogen-bond donors (Lipinski definition) is 4. The first-order chi connectivity index (χ1) is 16.2. The number of sulfonamides is 1. The maximum absolute atomic E-state index is 12.8. The third kappa shape index (κ3) is 4.79. The maximum atomic E-state index is 12.8. The van der Waals surface area contributed by atoms with Crippen LogP contribution in [-0.4, -0.2) is 34.3 Å². The Labute approximate surface area is 199 Å². The van der Waals surface area contributed by atoms with Crippen molar-refractivity contribution in [1.29, 1.82) is 0 Å². The van der Waals surface area contributed by atoms with Gasteiger partial charge in [-0.1, -0.05) is 47.5 Å². The molecule has 1 aromatic heterocycles. The second-order valence-corrected chi connectivity index (χ2v) is 9.54. The van der Waals surface area contributed by atoms with E-state index in [9.17, 15) is 23.4 Å². The van der Waals surface area contributed by atoms with Crippen LogP contribution >= 0.6 is 11.6 Å². The Kier molecular flexibility index (Phi) is 6.38. The molecular formula is C23H19ClN4O5S. The van der Waals surface area contributed by atoms with Gasteiger partial charge in [-0.25, -0.2) is 4.98 Å². The summed E-state index contributed by atoms with van der Waals surface area (Å²) < 4.78 is 25.5. The zero-order valence-electron chi connectivity index (χ0n) is 17.7. The molecule has 0 radical (unpaired) electrons. The summed E-state index contributed by atoms with van der Waals surface area (Å²) in [6.45, 7) is 1.81. The number of aromatic hydroxyl groups is 1. The van der Waals surface area contributed by atoms with E-state index in [1.165, 1.54) is 30.3 Å². The number of phenols is 1. The lowest BCUT2D eigenvalue weighted by Gasteiger charge is -2.15. The molecule has 3 aromatic carbocycles. The van der Waals surface area contributed by atoms with Crippen LogP contribution in [0.3, 0.4) is 0 Å². The predicted octanol–water partition coefficient (Wildman–Crippen LogP) is 3.01. The first kappa shape index (κ1) is 23.4. The molecule has 0 aliphatic heterocycles. The highest BCUT2D eigenvalue weighted by Crippen LogP contribution is 2.26.